The van der Waals surface area contributed by atoms with Gasteiger partial charge in [0, 0.05) is 30.7 Å². The number of carbonyl (C=O) groups excluding carboxylic acids is 1. The van der Waals surface area contributed by atoms with E-state index in [9.17, 15) is 4.79 Å². The maximum absolute atomic E-state index is 12.4. The van der Waals surface area contributed by atoms with E-state index in [4.69, 9.17) is 20.9 Å². The second-order valence-corrected chi connectivity index (χ2v) is 8.45. The Bertz CT molecular complexity index is 815. The van der Waals surface area contributed by atoms with Gasteiger partial charge in [-0.25, -0.2) is 0 Å². The molecule has 29 heavy (non-hydrogen) atoms. The first-order valence-corrected chi connectivity index (χ1v) is 10.9. The summed E-state index contributed by atoms with van der Waals surface area (Å²) in [6.45, 7) is 6.59. The third kappa shape index (κ3) is 4.93. The van der Waals surface area contributed by atoms with Gasteiger partial charge in [0.05, 0.1) is 6.10 Å². The molecule has 7 heteroatoms. The van der Waals surface area contributed by atoms with Gasteiger partial charge in [0.2, 0.25) is 0 Å². The number of hydrogen-bond acceptors (Lipinski definition) is 5. The van der Waals surface area contributed by atoms with Crippen LogP contribution in [-0.4, -0.2) is 53.1 Å². The van der Waals surface area contributed by atoms with Crippen LogP contribution in [0.2, 0.25) is 5.02 Å². The average Bonchev–Trinajstić information content (AvgIpc) is 3.39. The highest BCUT2D eigenvalue weighted by Gasteiger charge is 2.33. The minimum Gasteiger partial charge on any atom is -0.490 e. The maximum atomic E-state index is 12.4. The van der Waals surface area contributed by atoms with E-state index in [-0.39, 0.29) is 12.0 Å². The molecule has 1 aromatic heterocycles. The largest absolute Gasteiger partial charge is 0.490 e. The predicted molar refractivity (Wildman–Crippen MR) is 111 cm³/mol. The van der Waals surface area contributed by atoms with Gasteiger partial charge in [0.15, 0.2) is 5.69 Å². The number of rotatable bonds is 8. The lowest BCUT2D eigenvalue weighted by atomic mass is 9.81. The second-order valence-electron chi connectivity index (χ2n) is 8.04. The SMILES string of the molecule is CCN(CC1CC(Oc2ccc(CN3CCCC3)c(Cl)c2)C1)C(=O)c1ccon1. The highest BCUT2D eigenvalue weighted by atomic mass is 35.5. The highest BCUT2D eigenvalue weighted by Crippen LogP contribution is 2.34. The van der Waals surface area contributed by atoms with E-state index >= 15 is 0 Å². The average molecular weight is 418 g/mol. The van der Waals surface area contributed by atoms with Gasteiger partial charge in [0.25, 0.3) is 5.91 Å². The summed E-state index contributed by atoms with van der Waals surface area (Å²) in [5.41, 5.74) is 1.53. The van der Waals surface area contributed by atoms with Crippen LogP contribution in [0, 0.1) is 5.92 Å². The van der Waals surface area contributed by atoms with Crippen molar-refractivity contribution in [3.8, 4) is 5.75 Å². The Morgan fingerprint density at radius 3 is 2.76 bits per heavy atom. The van der Waals surface area contributed by atoms with Crippen molar-refractivity contribution in [3.63, 3.8) is 0 Å². The molecule has 2 heterocycles. The quantitative estimate of drug-likeness (QED) is 0.642. The molecular formula is C22H28ClN3O3. The second kappa shape index (κ2) is 9.18. The third-order valence-corrected chi connectivity index (χ3v) is 6.27. The number of aromatic nitrogens is 1. The van der Waals surface area contributed by atoms with E-state index in [0.717, 1.165) is 55.4 Å². The van der Waals surface area contributed by atoms with Crippen LogP contribution in [0.15, 0.2) is 35.1 Å². The van der Waals surface area contributed by atoms with Crippen molar-refractivity contribution in [2.45, 2.75) is 45.3 Å². The minimum atomic E-state index is -0.0778. The van der Waals surface area contributed by atoms with Crippen LogP contribution < -0.4 is 4.74 Å². The summed E-state index contributed by atoms with van der Waals surface area (Å²) in [7, 11) is 0. The van der Waals surface area contributed by atoms with Crippen LogP contribution in [0.1, 0.15) is 48.7 Å². The molecule has 156 valence electrons. The Labute approximate surface area is 176 Å². The zero-order valence-electron chi connectivity index (χ0n) is 16.8. The first-order valence-electron chi connectivity index (χ1n) is 10.5. The van der Waals surface area contributed by atoms with Crippen LogP contribution in [0.25, 0.3) is 0 Å². The number of likely N-dealkylation sites (tertiary alicyclic amines) is 1. The molecule has 0 radical (unpaired) electrons. The van der Waals surface area contributed by atoms with Crippen molar-refractivity contribution in [2.24, 2.45) is 5.92 Å². The Balaban J connectivity index is 1.25. The molecule has 1 saturated heterocycles. The standard InChI is InChI=1S/C22H28ClN3O3/c1-2-26(22(27)21-7-10-28-24-21)14-16-11-19(12-16)29-18-6-5-17(20(23)13-18)15-25-8-3-4-9-25/h5-7,10,13,16,19H,2-4,8-9,11-12,14-15H2,1H3. The molecule has 2 aromatic rings. The Morgan fingerprint density at radius 1 is 1.31 bits per heavy atom. The van der Waals surface area contributed by atoms with E-state index in [1.807, 2.05) is 24.0 Å². The number of halogens is 1. The van der Waals surface area contributed by atoms with Crippen molar-refractivity contribution >= 4 is 17.5 Å². The molecule has 1 aliphatic heterocycles. The normalized spacial score (nSPS) is 21.7. The van der Waals surface area contributed by atoms with Gasteiger partial charge < -0.3 is 14.2 Å². The zero-order valence-corrected chi connectivity index (χ0v) is 17.6. The van der Waals surface area contributed by atoms with E-state index in [2.05, 4.69) is 16.1 Å². The van der Waals surface area contributed by atoms with E-state index in [1.54, 1.807) is 6.07 Å². The molecule has 0 spiro atoms. The molecule has 0 N–H and O–H groups in total. The van der Waals surface area contributed by atoms with Gasteiger partial charge in [-0.3, -0.25) is 9.69 Å². The molecule has 0 bridgehead atoms. The van der Waals surface area contributed by atoms with Crippen molar-refractivity contribution in [1.82, 2.24) is 15.0 Å². The Kier molecular flexibility index (Phi) is 6.40. The summed E-state index contributed by atoms with van der Waals surface area (Å²) in [6, 6.07) is 7.65. The molecular weight excluding hydrogens is 390 g/mol. The number of hydrogen-bond donors (Lipinski definition) is 0. The lowest BCUT2D eigenvalue weighted by Crippen LogP contribution is -2.43. The zero-order chi connectivity index (χ0) is 20.2. The van der Waals surface area contributed by atoms with Crippen LogP contribution >= 0.6 is 11.6 Å². The molecule has 2 aliphatic rings. The van der Waals surface area contributed by atoms with Crippen molar-refractivity contribution in [2.75, 3.05) is 26.2 Å². The summed E-state index contributed by atoms with van der Waals surface area (Å²) in [5.74, 6) is 1.20. The number of benzene rings is 1. The number of amides is 1. The first kappa shape index (κ1) is 20.2. The van der Waals surface area contributed by atoms with E-state index in [0.29, 0.717) is 18.2 Å². The number of carbonyl (C=O) groups is 1. The van der Waals surface area contributed by atoms with E-state index in [1.165, 1.54) is 19.1 Å². The number of ether oxygens (including phenoxy) is 1. The summed E-state index contributed by atoms with van der Waals surface area (Å²) in [5, 5.41) is 4.53. The van der Waals surface area contributed by atoms with Crippen LogP contribution in [0.3, 0.4) is 0 Å². The summed E-state index contributed by atoms with van der Waals surface area (Å²) >= 11 is 6.49. The molecule has 2 fully saturated rings. The molecule has 0 unspecified atom stereocenters. The van der Waals surface area contributed by atoms with Crippen molar-refractivity contribution in [1.29, 1.82) is 0 Å². The smallest absolute Gasteiger partial charge is 0.276 e. The van der Waals surface area contributed by atoms with Gasteiger partial charge in [-0.2, -0.15) is 0 Å². The topological polar surface area (TPSA) is 58.8 Å². The van der Waals surface area contributed by atoms with Crippen LogP contribution in [0.4, 0.5) is 0 Å². The Hall–Kier alpha value is -2.05. The van der Waals surface area contributed by atoms with Crippen LogP contribution in [-0.2, 0) is 6.54 Å². The molecule has 1 saturated carbocycles. The highest BCUT2D eigenvalue weighted by molar-refractivity contribution is 6.31. The van der Waals surface area contributed by atoms with Gasteiger partial charge in [-0.1, -0.05) is 22.8 Å². The van der Waals surface area contributed by atoms with Gasteiger partial charge in [-0.15, -0.1) is 0 Å². The maximum Gasteiger partial charge on any atom is 0.276 e. The van der Waals surface area contributed by atoms with Gasteiger partial charge >= 0.3 is 0 Å². The minimum absolute atomic E-state index is 0.0778. The molecule has 1 aromatic carbocycles. The summed E-state index contributed by atoms with van der Waals surface area (Å²) < 4.78 is 10.9. The summed E-state index contributed by atoms with van der Waals surface area (Å²) in [6.07, 6.45) is 6.05. The van der Waals surface area contributed by atoms with Crippen LogP contribution in [0.5, 0.6) is 5.75 Å². The fourth-order valence-corrected chi connectivity index (χ4v) is 4.41. The fraction of sp³-hybridized carbons (Fsp3) is 0.545. The molecule has 0 atom stereocenters. The van der Waals surface area contributed by atoms with Crippen molar-refractivity contribution in [3.05, 3.63) is 46.8 Å². The fourth-order valence-electron chi connectivity index (χ4n) is 4.18. The van der Waals surface area contributed by atoms with E-state index < -0.39 is 0 Å². The van der Waals surface area contributed by atoms with Gasteiger partial charge in [-0.05, 0) is 69.3 Å². The summed E-state index contributed by atoms with van der Waals surface area (Å²) in [4.78, 5) is 16.7. The van der Waals surface area contributed by atoms with Gasteiger partial charge in [0.1, 0.15) is 12.0 Å². The molecule has 4 rings (SSSR count). The predicted octanol–water partition coefficient (Wildman–Crippen LogP) is 4.24. The first-order chi connectivity index (χ1) is 14.1. The monoisotopic (exact) mass is 417 g/mol. The lowest BCUT2D eigenvalue weighted by molar-refractivity contribution is 0.0378. The number of nitrogens with zero attached hydrogens (tertiary/aromatic N) is 3. The van der Waals surface area contributed by atoms with Crippen molar-refractivity contribution < 1.29 is 14.1 Å². The molecule has 6 nitrogen and oxygen atoms in total. The Morgan fingerprint density at radius 2 is 2.10 bits per heavy atom. The molecule has 1 aliphatic carbocycles. The lowest BCUT2D eigenvalue weighted by Gasteiger charge is -2.38. The molecule has 1 amide bonds. The third-order valence-electron chi connectivity index (χ3n) is 5.92.